The third-order valence-electron chi connectivity index (χ3n) is 3.68. The van der Waals surface area contributed by atoms with Crippen molar-refractivity contribution in [1.82, 2.24) is 5.32 Å². The zero-order valence-electron chi connectivity index (χ0n) is 12.2. The van der Waals surface area contributed by atoms with Gasteiger partial charge in [0.05, 0.1) is 12.8 Å². The van der Waals surface area contributed by atoms with Crippen LogP contribution in [0.2, 0.25) is 0 Å². The first kappa shape index (κ1) is 14.4. The van der Waals surface area contributed by atoms with E-state index in [0.29, 0.717) is 11.3 Å². The molecule has 1 atom stereocenters. The van der Waals surface area contributed by atoms with Gasteiger partial charge in [-0.05, 0) is 35.9 Å². The molecule has 1 aromatic heterocycles. The highest BCUT2D eigenvalue weighted by atomic mass is 16.4. The lowest BCUT2D eigenvalue weighted by molar-refractivity contribution is 0.0330. The molecule has 0 radical (unpaired) electrons. The van der Waals surface area contributed by atoms with Crippen LogP contribution < -0.4 is 5.32 Å². The van der Waals surface area contributed by atoms with Crippen LogP contribution in [0.5, 0.6) is 0 Å². The Hall–Kier alpha value is -2.59. The highest BCUT2D eigenvalue weighted by Crippen LogP contribution is 2.21. The molecule has 4 nitrogen and oxygen atoms in total. The SMILES string of the molecule is C[C@](O)(CNC(=O)c1cccc2ccccc12)c1ccco1. The van der Waals surface area contributed by atoms with Crippen molar-refractivity contribution in [1.29, 1.82) is 0 Å². The van der Waals surface area contributed by atoms with Gasteiger partial charge in [0.15, 0.2) is 0 Å². The number of furan rings is 1. The van der Waals surface area contributed by atoms with Crippen LogP contribution in [0.1, 0.15) is 23.0 Å². The van der Waals surface area contributed by atoms with E-state index in [4.69, 9.17) is 4.42 Å². The molecule has 112 valence electrons. The van der Waals surface area contributed by atoms with Crippen molar-refractivity contribution < 1.29 is 14.3 Å². The van der Waals surface area contributed by atoms with Crippen LogP contribution in [0.25, 0.3) is 10.8 Å². The van der Waals surface area contributed by atoms with E-state index in [1.807, 2.05) is 36.4 Å². The van der Waals surface area contributed by atoms with Gasteiger partial charge in [-0.25, -0.2) is 0 Å². The summed E-state index contributed by atoms with van der Waals surface area (Å²) in [5, 5.41) is 15.0. The van der Waals surface area contributed by atoms with Crippen LogP contribution in [-0.4, -0.2) is 17.6 Å². The van der Waals surface area contributed by atoms with E-state index < -0.39 is 5.60 Å². The summed E-state index contributed by atoms with van der Waals surface area (Å²) in [6, 6.07) is 16.7. The number of amides is 1. The van der Waals surface area contributed by atoms with E-state index in [1.54, 1.807) is 25.1 Å². The highest BCUT2D eigenvalue weighted by Gasteiger charge is 2.27. The molecule has 0 saturated heterocycles. The van der Waals surface area contributed by atoms with E-state index in [0.717, 1.165) is 10.8 Å². The van der Waals surface area contributed by atoms with Crippen molar-refractivity contribution in [3.8, 4) is 0 Å². The molecule has 2 N–H and O–H groups in total. The molecule has 1 heterocycles. The minimum atomic E-state index is -1.25. The second-order valence-corrected chi connectivity index (χ2v) is 5.46. The largest absolute Gasteiger partial charge is 0.466 e. The van der Waals surface area contributed by atoms with Gasteiger partial charge in [0, 0.05) is 5.56 Å². The fraction of sp³-hybridized carbons (Fsp3) is 0.167. The second kappa shape index (κ2) is 5.66. The van der Waals surface area contributed by atoms with Gasteiger partial charge in [0.1, 0.15) is 11.4 Å². The highest BCUT2D eigenvalue weighted by molar-refractivity contribution is 6.07. The van der Waals surface area contributed by atoms with E-state index in [-0.39, 0.29) is 12.5 Å². The molecular formula is C18H17NO3. The molecule has 3 aromatic rings. The summed E-state index contributed by atoms with van der Waals surface area (Å²) in [5.41, 5.74) is -0.655. The maximum atomic E-state index is 12.4. The molecule has 0 fully saturated rings. The predicted octanol–water partition coefficient (Wildman–Crippen LogP) is 3.07. The summed E-state index contributed by atoms with van der Waals surface area (Å²) in [4.78, 5) is 12.4. The molecule has 0 aliphatic heterocycles. The van der Waals surface area contributed by atoms with Gasteiger partial charge in [-0.3, -0.25) is 4.79 Å². The first-order valence-corrected chi connectivity index (χ1v) is 7.10. The Bertz CT molecular complexity index is 786. The minimum absolute atomic E-state index is 0.0720. The number of nitrogens with one attached hydrogen (secondary N) is 1. The van der Waals surface area contributed by atoms with Crippen LogP contribution >= 0.6 is 0 Å². The second-order valence-electron chi connectivity index (χ2n) is 5.46. The average Bonchev–Trinajstić information content (AvgIpc) is 3.07. The average molecular weight is 295 g/mol. The first-order chi connectivity index (χ1) is 10.6. The molecule has 22 heavy (non-hydrogen) atoms. The molecule has 3 rings (SSSR count). The maximum Gasteiger partial charge on any atom is 0.252 e. The van der Waals surface area contributed by atoms with Gasteiger partial charge in [-0.1, -0.05) is 36.4 Å². The molecule has 0 aliphatic carbocycles. The zero-order valence-corrected chi connectivity index (χ0v) is 12.2. The normalized spacial score (nSPS) is 13.7. The molecule has 2 aromatic carbocycles. The molecule has 0 spiro atoms. The van der Waals surface area contributed by atoms with Crippen LogP contribution in [0.15, 0.2) is 65.3 Å². The predicted molar refractivity (Wildman–Crippen MR) is 84.6 cm³/mol. The Kier molecular flexibility index (Phi) is 3.69. The van der Waals surface area contributed by atoms with Crippen LogP contribution in [0.4, 0.5) is 0 Å². The van der Waals surface area contributed by atoms with Crippen LogP contribution in [-0.2, 0) is 5.60 Å². The maximum absolute atomic E-state index is 12.4. The monoisotopic (exact) mass is 295 g/mol. The zero-order chi connectivity index (χ0) is 15.6. The number of rotatable bonds is 4. The van der Waals surface area contributed by atoms with Gasteiger partial charge in [0.25, 0.3) is 5.91 Å². The topological polar surface area (TPSA) is 62.5 Å². The van der Waals surface area contributed by atoms with Crippen molar-refractivity contribution >= 4 is 16.7 Å². The quantitative estimate of drug-likeness (QED) is 0.777. The molecular weight excluding hydrogens is 278 g/mol. The van der Waals surface area contributed by atoms with E-state index in [9.17, 15) is 9.90 Å². The molecule has 0 saturated carbocycles. The summed E-state index contributed by atoms with van der Waals surface area (Å²) >= 11 is 0. The molecule has 0 unspecified atom stereocenters. The molecule has 0 bridgehead atoms. The smallest absolute Gasteiger partial charge is 0.252 e. The number of hydrogen-bond acceptors (Lipinski definition) is 3. The molecule has 4 heteroatoms. The Morgan fingerprint density at radius 2 is 1.91 bits per heavy atom. The molecule has 0 aliphatic rings. The van der Waals surface area contributed by atoms with Gasteiger partial charge < -0.3 is 14.8 Å². The lowest BCUT2D eigenvalue weighted by Crippen LogP contribution is -2.38. The standard InChI is InChI=1S/C18H17NO3/c1-18(21,16-10-5-11-22-16)12-19-17(20)15-9-4-7-13-6-2-3-8-14(13)15/h2-11,21H,12H2,1H3,(H,19,20)/t18-/m0/s1. The van der Waals surface area contributed by atoms with E-state index >= 15 is 0 Å². The van der Waals surface area contributed by atoms with Gasteiger partial charge in [0.2, 0.25) is 0 Å². The minimum Gasteiger partial charge on any atom is -0.466 e. The van der Waals surface area contributed by atoms with E-state index in [2.05, 4.69) is 5.32 Å². The molecule has 1 amide bonds. The summed E-state index contributed by atoms with van der Waals surface area (Å²) in [6.45, 7) is 1.68. The number of carbonyl (C=O) groups is 1. The van der Waals surface area contributed by atoms with Crippen LogP contribution in [0, 0.1) is 0 Å². The van der Waals surface area contributed by atoms with Crippen molar-refractivity contribution in [2.24, 2.45) is 0 Å². The Labute approximate surface area is 128 Å². The summed E-state index contributed by atoms with van der Waals surface area (Å²) < 4.78 is 5.21. The van der Waals surface area contributed by atoms with E-state index in [1.165, 1.54) is 6.26 Å². The number of aliphatic hydroxyl groups is 1. The Morgan fingerprint density at radius 1 is 1.14 bits per heavy atom. The number of benzene rings is 2. The van der Waals surface area contributed by atoms with Crippen molar-refractivity contribution in [2.75, 3.05) is 6.54 Å². The van der Waals surface area contributed by atoms with Gasteiger partial charge in [-0.15, -0.1) is 0 Å². The van der Waals surface area contributed by atoms with Crippen molar-refractivity contribution in [2.45, 2.75) is 12.5 Å². The number of carbonyl (C=O) groups excluding carboxylic acids is 1. The van der Waals surface area contributed by atoms with Crippen LogP contribution in [0.3, 0.4) is 0 Å². The summed E-state index contributed by atoms with van der Waals surface area (Å²) in [6.07, 6.45) is 1.50. The van der Waals surface area contributed by atoms with Gasteiger partial charge in [-0.2, -0.15) is 0 Å². The third-order valence-corrected chi connectivity index (χ3v) is 3.68. The summed E-state index contributed by atoms with van der Waals surface area (Å²) in [7, 11) is 0. The lowest BCUT2D eigenvalue weighted by atomic mass is 10.0. The lowest BCUT2D eigenvalue weighted by Gasteiger charge is -2.21. The number of hydrogen-bond donors (Lipinski definition) is 2. The number of fused-ring (bicyclic) bond motifs is 1. The fourth-order valence-corrected chi connectivity index (χ4v) is 2.44. The summed E-state index contributed by atoms with van der Waals surface area (Å²) in [5.74, 6) is 0.203. The Balaban J connectivity index is 1.80. The fourth-order valence-electron chi connectivity index (χ4n) is 2.44. The first-order valence-electron chi connectivity index (χ1n) is 7.10. The third kappa shape index (κ3) is 2.73. The van der Waals surface area contributed by atoms with Crippen molar-refractivity contribution in [3.63, 3.8) is 0 Å². The Morgan fingerprint density at radius 3 is 2.68 bits per heavy atom. The van der Waals surface area contributed by atoms with Crippen molar-refractivity contribution in [3.05, 3.63) is 72.2 Å². The van der Waals surface area contributed by atoms with Gasteiger partial charge >= 0.3 is 0 Å².